The molecule has 1 aromatic carbocycles. The summed E-state index contributed by atoms with van der Waals surface area (Å²) in [5, 5.41) is 3.92. The van der Waals surface area contributed by atoms with Crippen LogP contribution in [0.25, 0.3) is 0 Å². The lowest BCUT2D eigenvalue weighted by molar-refractivity contribution is 0.602. The van der Waals surface area contributed by atoms with Crippen molar-refractivity contribution >= 4 is 27.3 Å². The monoisotopic (exact) mass is 273 g/mol. The zero-order valence-electron chi connectivity index (χ0n) is 10.4. The molecular weight excluding hydrogens is 254 g/mol. The minimum absolute atomic E-state index is 0.362. The van der Waals surface area contributed by atoms with Gasteiger partial charge in [0.15, 0.2) is 9.84 Å². The summed E-state index contributed by atoms with van der Waals surface area (Å²) >= 11 is 1.85. The Morgan fingerprint density at radius 1 is 1.29 bits per heavy atom. The molecule has 5 heteroatoms. The highest BCUT2D eigenvalue weighted by Crippen LogP contribution is 2.15. The zero-order valence-corrected chi connectivity index (χ0v) is 12.1. The molecule has 0 aliphatic carbocycles. The highest BCUT2D eigenvalue weighted by Gasteiger charge is 2.05. The molecule has 1 rings (SSSR count). The molecule has 0 bridgehead atoms. The lowest BCUT2D eigenvalue weighted by Crippen LogP contribution is -2.07. The average Bonchev–Trinajstić information content (AvgIpc) is 2.28. The second-order valence-electron chi connectivity index (χ2n) is 4.06. The van der Waals surface area contributed by atoms with Crippen LogP contribution in [0.5, 0.6) is 0 Å². The molecule has 0 saturated heterocycles. The topological polar surface area (TPSA) is 46.2 Å². The summed E-state index contributed by atoms with van der Waals surface area (Å²) in [5.41, 5.74) is 0.964. The van der Waals surface area contributed by atoms with Gasteiger partial charge in [-0.05, 0) is 36.9 Å². The highest BCUT2D eigenvalue weighted by atomic mass is 32.2. The fourth-order valence-electron chi connectivity index (χ4n) is 1.36. The van der Waals surface area contributed by atoms with Crippen LogP contribution in [0.1, 0.15) is 13.3 Å². The van der Waals surface area contributed by atoms with Crippen LogP contribution in [0.3, 0.4) is 0 Å². The average molecular weight is 273 g/mol. The van der Waals surface area contributed by atoms with E-state index in [0.717, 1.165) is 18.7 Å². The molecule has 1 atom stereocenters. The van der Waals surface area contributed by atoms with Crippen molar-refractivity contribution in [2.75, 3.05) is 24.4 Å². The maximum absolute atomic E-state index is 11.3. The van der Waals surface area contributed by atoms with E-state index in [0.29, 0.717) is 10.1 Å². The van der Waals surface area contributed by atoms with Crippen molar-refractivity contribution in [3.8, 4) is 0 Å². The Kier molecular flexibility index (Phi) is 5.33. The van der Waals surface area contributed by atoms with Gasteiger partial charge in [-0.3, -0.25) is 0 Å². The highest BCUT2D eigenvalue weighted by molar-refractivity contribution is 7.99. The van der Waals surface area contributed by atoms with Crippen molar-refractivity contribution in [1.29, 1.82) is 0 Å². The molecule has 0 heterocycles. The third kappa shape index (κ3) is 5.00. The number of hydrogen-bond acceptors (Lipinski definition) is 4. The van der Waals surface area contributed by atoms with Gasteiger partial charge >= 0.3 is 0 Å². The summed E-state index contributed by atoms with van der Waals surface area (Å²) in [7, 11) is -3.09. The predicted octanol–water partition coefficient (Wildman–Crippen LogP) is 2.64. The fourth-order valence-corrected chi connectivity index (χ4v) is 2.34. The Bertz CT molecular complexity index is 440. The number of hydrogen-bond donors (Lipinski definition) is 1. The fraction of sp³-hybridized carbons (Fsp3) is 0.500. The van der Waals surface area contributed by atoms with Crippen LogP contribution in [-0.4, -0.2) is 32.7 Å². The van der Waals surface area contributed by atoms with Crippen LogP contribution in [0.2, 0.25) is 0 Å². The van der Waals surface area contributed by atoms with Crippen LogP contribution >= 0.6 is 11.8 Å². The van der Waals surface area contributed by atoms with E-state index in [2.05, 4.69) is 18.5 Å². The van der Waals surface area contributed by atoms with Crippen LogP contribution < -0.4 is 5.32 Å². The first kappa shape index (κ1) is 14.4. The van der Waals surface area contributed by atoms with Crippen LogP contribution in [0, 0.1) is 0 Å². The molecule has 3 nitrogen and oxygen atoms in total. The lowest BCUT2D eigenvalue weighted by atomic mass is 10.3. The van der Waals surface area contributed by atoms with Gasteiger partial charge in [0, 0.05) is 23.7 Å². The van der Waals surface area contributed by atoms with Gasteiger partial charge in [-0.2, -0.15) is 11.8 Å². The standard InChI is InChI=1S/C12H19NO2S2/c1-10(16-2)8-9-13-11-4-6-12(7-5-11)17(3,14)15/h4-7,10,13H,8-9H2,1-3H3. The van der Waals surface area contributed by atoms with E-state index >= 15 is 0 Å². The number of rotatable bonds is 6. The Hall–Kier alpha value is -0.680. The quantitative estimate of drug-likeness (QED) is 0.865. The van der Waals surface area contributed by atoms with Crippen molar-refractivity contribution in [3.63, 3.8) is 0 Å². The minimum atomic E-state index is -3.09. The van der Waals surface area contributed by atoms with Gasteiger partial charge in [-0.15, -0.1) is 0 Å². The van der Waals surface area contributed by atoms with E-state index < -0.39 is 9.84 Å². The van der Waals surface area contributed by atoms with Gasteiger partial charge in [0.2, 0.25) is 0 Å². The first-order chi connectivity index (χ1) is 7.93. The maximum atomic E-state index is 11.3. The molecule has 0 aliphatic rings. The SMILES string of the molecule is CSC(C)CCNc1ccc(S(C)(=O)=O)cc1. The number of benzene rings is 1. The minimum Gasteiger partial charge on any atom is -0.385 e. The summed E-state index contributed by atoms with van der Waals surface area (Å²) in [6.45, 7) is 3.10. The predicted molar refractivity (Wildman–Crippen MR) is 75.6 cm³/mol. The molecule has 0 amide bonds. The van der Waals surface area contributed by atoms with Crippen molar-refractivity contribution in [2.24, 2.45) is 0 Å². The zero-order chi connectivity index (χ0) is 12.9. The summed E-state index contributed by atoms with van der Waals surface area (Å²) < 4.78 is 22.5. The van der Waals surface area contributed by atoms with Crippen molar-refractivity contribution in [3.05, 3.63) is 24.3 Å². The maximum Gasteiger partial charge on any atom is 0.175 e. The molecule has 0 fully saturated rings. The summed E-state index contributed by atoms with van der Waals surface area (Å²) in [6.07, 6.45) is 4.41. The Morgan fingerprint density at radius 3 is 2.35 bits per heavy atom. The van der Waals surface area contributed by atoms with Crippen molar-refractivity contribution in [1.82, 2.24) is 0 Å². The van der Waals surface area contributed by atoms with Crippen molar-refractivity contribution in [2.45, 2.75) is 23.5 Å². The van der Waals surface area contributed by atoms with Gasteiger partial charge in [0.05, 0.1) is 4.90 Å². The summed E-state index contributed by atoms with van der Waals surface area (Å²) in [5.74, 6) is 0. The molecule has 96 valence electrons. The molecule has 0 aliphatic heterocycles. The second-order valence-corrected chi connectivity index (χ2v) is 7.35. The van der Waals surface area contributed by atoms with Gasteiger partial charge < -0.3 is 5.32 Å². The van der Waals surface area contributed by atoms with Gasteiger partial charge in [0.1, 0.15) is 0 Å². The number of thioether (sulfide) groups is 1. The third-order valence-electron chi connectivity index (χ3n) is 2.56. The van der Waals surface area contributed by atoms with Crippen molar-refractivity contribution < 1.29 is 8.42 Å². The summed E-state index contributed by atoms with van der Waals surface area (Å²) in [4.78, 5) is 0.362. The van der Waals surface area contributed by atoms with E-state index in [4.69, 9.17) is 0 Å². The normalized spacial score (nSPS) is 13.4. The number of anilines is 1. The molecule has 1 N–H and O–H groups in total. The molecule has 17 heavy (non-hydrogen) atoms. The van der Waals surface area contributed by atoms with Crippen LogP contribution in [0.4, 0.5) is 5.69 Å². The van der Waals surface area contributed by atoms with Crippen LogP contribution in [-0.2, 0) is 9.84 Å². The van der Waals surface area contributed by atoms with E-state index in [9.17, 15) is 8.42 Å². The number of nitrogens with one attached hydrogen (secondary N) is 1. The Morgan fingerprint density at radius 2 is 1.88 bits per heavy atom. The lowest BCUT2D eigenvalue weighted by Gasteiger charge is -2.10. The van der Waals surface area contributed by atoms with E-state index in [-0.39, 0.29) is 0 Å². The third-order valence-corrected chi connectivity index (χ3v) is 4.73. The van der Waals surface area contributed by atoms with Crippen LogP contribution in [0.15, 0.2) is 29.2 Å². The van der Waals surface area contributed by atoms with E-state index in [1.807, 2.05) is 11.8 Å². The molecule has 0 aromatic heterocycles. The van der Waals surface area contributed by atoms with E-state index in [1.165, 1.54) is 6.26 Å². The van der Waals surface area contributed by atoms with Gasteiger partial charge in [0.25, 0.3) is 0 Å². The second kappa shape index (κ2) is 6.31. The summed E-state index contributed by atoms with van der Waals surface area (Å²) in [6, 6.07) is 6.88. The first-order valence-corrected chi connectivity index (χ1v) is 8.68. The molecule has 1 unspecified atom stereocenters. The molecule has 0 spiro atoms. The molecular formula is C12H19NO2S2. The van der Waals surface area contributed by atoms with Gasteiger partial charge in [-0.25, -0.2) is 8.42 Å². The first-order valence-electron chi connectivity index (χ1n) is 5.50. The Balaban J connectivity index is 2.52. The molecule has 0 saturated carbocycles. The largest absolute Gasteiger partial charge is 0.385 e. The van der Waals surface area contributed by atoms with E-state index in [1.54, 1.807) is 24.3 Å². The number of sulfone groups is 1. The van der Waals surface area contributed by atoms with Gasteiger partial charge in [-0.1, -0.05) is 6.92 Å². The molecule has 0 radical (unpaired) electrons. The Labute approximate surface area is 108 Å². The smallest absolute Gasteiger partial charge is 0.175 e. The molecule has 1 aromatic rings.